The first-order valence-corrected chi connectivity index (χ1v) is 11.1. The van der Waals surface area contributed by atoms with Crippen LogP contribution in [-0.2, 0) is 4.79 Å². The molecule has 1 aliphatic heterocycles. The summed E-state index contributed by atoms with van der Waals surface area (Å²) < 4.78 is 0. The van der Waals surface area contributed by atoms with Crippen molar-refractivity contribution in [3.05, 3.63) is 60.2 Å². The molecule has 5 heteroatoms. The Balaban J connectivity index is 1.70. The van der Waals surface area contributed by atoms with Crippen LogP contribution in [0.2, 0.25) is 0 Å². The molecule has 0 aliphatic carbocycles. The minimum Gasteiger partial charge on any atom is -0.378 e. The molecule has 0 bridgehead atoms. The zero-order valence-corrected chi connectivity index (χ0v) is 18.9. The second-order valence-corrected chi connectivity index (χ2v) is 8.92. The maximum absolute atomic E-state index is 12.3. The number of rotatable bonds is 8. The van der Waals surface area contributed by atoms with Gasteiger partial charge in [-0.2, -0.15) is 0 Å². The monoisotopic (exact) mass is 409 g/mol. The van der Waals surface area contributed by atoms with Gasteiger partial charge in [-0.15, -0.1) is 0 Å². The number of anilines is 2. The molecule has 5 nitrogen and oxygen atoms in total. The van der Waals surface area contributed by atoms with E-state index in [1.54, 1.807) is 4.90 Å². The third-order valence-corrected chi connectivity index (χ3v) is 5.93. The second kappa shape index (κ2) is 10.5. The van der Waals surface area contributed by atoms with Crippen LogP contribution in [0.25, 0.3) is 0 Å². The van der Waals surface area contributed by atoms with Crippen LogP contribution < -0.4 is 20.0 Å². The summed E-state index contributed by atoms with van der Waals surface area (Å²) in [4.78, 5) is 18.4. The molecule has 0 saturated carbocycles. The third kappa shape index (κ3) is 5.99. The van der Waals surface area contributed by atoms with E-state index in [1.807, 2.05) is 0 Å². The summed E-state index contributed by atoms with van der Waals surface area (Å²) in [5.74, 6) is 0.534. The molecule has 1 aliphatic rings. The van der Waals surface area contributed by atoms with E-state index in [0.29, 0.717) is 18.9 Å². The molecule has 0 unspecified atom stereocenters. The predicted molar refractivity (Wildman–Crippen MR) is 125 cm³/mol. The molecule has 0 aromatic heterocycles. The van der Waals surface area contributed by atoms with Gasteiger partial charge in [-0.05, 0) is 30.2 Å². The van der Waals surface area contributed by atoms with Crippen LogP contribution in [0.15, 0.2) is 54.6 Å². The predicted octanol–water partition coefficient (Wildman–Crippen LogP) is 2.36. The maximum atomic E-state index is 12.3. The lowest BCUT2D eigenvalue weighted by Crippen LogP contribution is -3.15. The second-order valence-electron chi connectivity index (χ2n) is 8.92. The first-order valence-electron chi connectivity index (χ1n) is 11.1. The number of amides is 1. The molecule has 1 fully saturated rings. The van der Waals surface area contributed by atoms with E-state index in [9.17, 15) is 4.79 Å². The van der Waals surface area contributed by atoms with Gasteiger partial charge in [-0.1, -0.05) is 44.2 Å². The van der Waals surface area contributed by atoms with Crippen molar-refractivity contribution in [1.29, 1.82) is 0 Å². The Labute approximate surface area is 181 Å². The topological polar surface area (TPSA) is 40.0 Å². The van der Waals surface area contributed by atoms with Crippen molar-refractivity contribution in [2.45, 2.75) is 26.3 Å². The molecule has 0 spiro atoms. The lowest BCUT2D eigenvalue weighted by atomic mass is 10.0. The number of quaternary nitrogens is 1. The molecule has 1 amide bonds. The summed E-state index contributed by atoms with van der Waals surface area (Å²) in [6.07, 6.45) is 0.587. The number of hydrogen-bond donors (Lipinski definition) is 2. The first kappa shape index (κ1) is 22.2. The normalized spacial score (nSPS) is 15.8. The number of hydrogen-bond acceptors (Lipinski definition) is 3. The van der Waals surface area contributed by atoms with E-state index in [2.05, 4.69) is 97.7 Å². The van der Waals surface area contributed by atoms with E-state index in [-0.39, 0.29) is 11.9 Å². The summed E-state index contributed by atoms with van der Waals surface area (Å²) in [5, 5.41) is 3.21. The van der Waals surface area contributed by atoms with Gasteiger partial charge in [-0.3, -0.25) is 4.79 Å². The van der Waals surface area contributed by atoms with Crippen LogP contribution in [0.1, 0.15) is 31.9 Å². The van der Waals surface area contributed by atoms with Crippen molar-refractivity contribution in [2.75, 3.05) is 56.6 Å². The van der Waals surface area contributed by atoms with Crippen LogP contribution in [0.5, 0.6) is 0 Å². The van der Waals surface area contributed by atoms with Crippen LogP contribution in [0.4, 0.5) is 11.4 Å². The molecule has 2 aromatic rings. The summed E-state index contributed by atoms with van der Waals surface area (Å²) in [6.45, 7) is 9.06. The van der Waals surface area contributed by atoms with Gasteiger partial charge in [0.05, 0.1) is 32.7 Å². The van der Waals surface area contributed by atoms with Crippen LogP contribution in [-0.4, -0.2) is 52.7 Å². The van der Waals surface area contributed by atoms with Crippen molar-refractivity contribution >= 4 is 17.3 Å². The third-order valence-electron chi connectivity index (χ3n) is 5.93. The Kier molecular flexibility index (Phi) is 7.75. The average Bonchev–Trinajstić information content (AvgIpc) is 2.75. The number of benzene rings is 2. The van der Waals surface area contributed by atoms with Crippen molar-refractivity contribution in [3.63, 3.8) is 0 Å². The number of piperazine rings is 1. The number of nitrogens with zero attached hydrogens (tertiary/aromatic N) is 2. The van der Waals surface area contributed by atoms with Crippen molar-refractivity contribution in [1.82, 2.24) is 5.32 Å². The Morgan fingerprint density at radius 3 is 2.23 bits per heavy atom. The fourth-order valence-corrected chi connectivity index (χ4v) is 4.20. The Hall–Kier alpha value is -2.53. The lowest BCUT2D eigenvalue weighted by molar-refractivity contribution is -0.931. The molecule has 162 valence electrons. The fraction of sp³-hybridized carbons (Fsp3) is 0.480. The van der Waals surface area contributed by atoms with E-state index in [0.717, 1.165) is 26.2 Å². The summed E-state index contributed by atoms with van der Waals surface area (Å²) in [7, 11) is 4.12. The van der Waals surface area contributed by atoms with Gasteiger partial charge in [0.25, 0.3) is 0 Å². The highest BCUT2D eigenvalue weighted by molar-refractivity contribution is 5.76. The van der Waals surface area contributed by atoms with E-state index < -0.39 is 0 Å². The molecule has 3 rings (SSSR count). The molecule has 1 heterocycles. The largest absolute Gasteiger partial charge is 0.378 e. The van der Waals surface area contributed by atoms with Gasteiger partial charge >= 0.3 is 0 Å². The average molecular weight is 410 g/mol. The number of para-hydroxylation sites is 1. The summed E-state index contributed by atoms with van der Waals surface area (Å²) in [6, 6.07) is 19.7. The molecule has 2 aromatic carbocycles. The van der Waals surface area contributed by atoms with Gasteiger partial charge in [-0.25, -0.2) is 0 Å². The van der Waals surface area contributed by atoms with E-state index in [1.165, 1.54) is 16.9 Å². The Morgan fingerprint density at radius 1 is 1.03 bits per heavy atom. The molecule has 30 heavy (non-hydrogen) atoms. The Bertz CT molecular complexity index is 781. The van der Waals surface area contributed by atoms with Gasteiger partial charge in [0.15, 0.2) is 0 Å². The highest BCUT2D eigenvalue weighted by Crippen LogP contribution is 2.18. The summed E-state index contributed by atoms with van der Waals surface area (Å²) in [5.41, 5.74) is 3.80. The minimum atomic E-state index is 0.155. The van der Waals surface area contributed by atoms with E-state index in [4.69, 9.17) is 0 Å². The zero-order chi connectivity index (χ0) is 21.5. The molecular weight excluding hydrogens is 372 g/mol. The highest BCUT2D eigenvalue weighted by Gasteiger charge is 2.29. The van der Waals surface area contributed by atoms with Gasteiger partial charge in [0.2, 0.25) is 5.91 Å². The van der Waals surface area contributed by atoms with Crippen LogP contribution in [0.3, 0.4) is 0 Å². The molecule has 2 N–H and O–H groups in total. The van der Waals surface area contributed by atoms with Gasteiger partial charge in [0.1, 0.15) is 6.04 Å². The van der Waals surface area contributed by atoms with E-state index >= 15 is 0 Å². The lowest BCUT2D eigenvalue weighted by Gasteiger charge is -2.38. The highest BCUT2D eigenvalue weighted by atomic mass is 16.1. The number of carbonyl (C=O) groups excluding carboxylic acids is 1. The van der Waals surface area contributed by atoms with Gasteiger partial charge in [0, 0.05) is 37.5 Å². The molecular formula is C25H37N4O+. The first-order chi connectivity index (χ1) is 14.4. The van der Waals surface area contributed by atoms with Crippen molar-refractivity contribution < 1.29 is 9.69 Å². The Morgan fingerprint density at radius 2 is 1.67 bits per heavy atom. The minimum absolute atomic E-state index is 0.155. The van der Waals surface area contributed by atoms with Gasteiger partial charge < -0.3 is 20.0 Å². The number of nitrogens with one attached hydrogen (secondary N) is 2. The van der Waals surface area contributed by atoms with Crippen molar-refractivity contribution in [3.8, 4) is 0 Å². The number of carbonyl (C=O) groups is 1. The van der Waals surface area contributed by atoms with Crippen LogP contribution in [0, 0.1) is 5.92 Å². The maximum Gasteiger partial charge on any atom is 0.220 e. The zero-order valence-electron chi connectivity index (χ0n) is 18.9. The quantitative estimate of drug-likeness (QED) is 0.703. The summed E-state index contributed by atoms with van der Waals surface area (Å²) >= 11 is 0. The van der Waals surface area contributed by atoms with Crippen molar-refractivity contribution in [2.24, 2.45) is 5.92 Å². The van der Waals surface area contributed by atoms with Crippen LogP contribution >= 0.6 is 0 Å². The molecule has 0 radical (unpaired) electrons. The molecule has 1 atom stereocenters. The standard InChI is InChI=1S/C25H36N4O/c1-20(2)18-25(30)26-19-24(21-10-12-22(13-11-21)27(3)4)29-16-14-28(15-17-29)23-8-6-5-7-9-23/h5-13,20,24H,14-19H2,1-4H3,(H,26,30)/p+1/t24-/m1/s1. The molecule has 1 saturated heterocycles. The fourth-order valence-electron chi connectivity index (χ4n) is 4.20. The smallest absolute Gasteiger partial charge is 0.220 e. The SMILES string of the molecule is CC(C)CC(=O)NC[C@H](c1ccc(N(C)C)cc1)[NH+]1CCN(c2ccccc2)CC1.